The van der Waals surface area contributed by atoms with Gasteiger partial charge < -0.3 is 5.32 Å². The summed E-state index contributed by atoms with van der Waals surface area (Å²) in [6, 6.07) is 7.84. The van der Waals surface area contributed by atoms with Crippen LogP contribution in [0, 0.1) is 0 Å². The summed E-state index contributed by atoms with van der Waals surface area (Å²) in [7, 11) is 1.68. The third kappa shape index (κ3) is 4.24. The molecule has 2 N–H and O–H groups in total. The third-order valence-corrected chi connectivity index (χ3v) is 4.31. The molecule has 6 nitrogen and oxygen atoms in total. The molecule has 22 heavy (non-hydrogen) atoms. The summed E-state index contributed by atoms with van der Waals surface area (Å²) >= 11 is 1.29. The monoisotopic (exact) mass is 322 g/mol. The smallest absolute Gasteiger partial charge is 0.326 e. The number of aryl methyl sites for hydroxylation is 1. The van der Waals surface area contributed by atoms with Gasteiger partial charge in [0.05, 0.1) is 0 Å². The van der Waals surface area contributed by atoms with E-state index in [1.54, 1.807) is 7.05 Å². The van der Waals surface area contributed by atoms with Crippen LogP contribution in [-0.4, -0.2) is 16.9 Å². The van der Waals surface area contributed by atoms with Crippen LogP contribution in [0.1, 0.15) is 31.7 Å². The summed E-state index contributed by atoms with van der Waals surface area (Å²) in [4.78, 5) is 23.2. The van der Waals surface area contributed by atoms with Crippen LogP contribution in [0.25, 0.3) is 0 Å². The number of amides is 1. The molecule has 0 aliphatic rings. The Kier molecular flexibility index (Phi) is 5.43. The van der Waals surface area contributed by atoms with Crippen LogP contribution in [-0.2, 0) is 11.8 Å². The number of hydrogen-bond acceptors (Lipinski definition) is 4. The Morgan fingerprint density at radius 3 is 2.59 bits per heavy atom. The highest BCUT2D eigenvalue weighted by atomic mass is 32.2. The predicted octanol–water partition coefficient (Wildman–Crippen LogP) is 2.04. The number of H-pyrrole nitrogens is 1. The number of nitrogens with one attached hydrogen (secondary N) is 2. The molecule has 0 saturated carbocycles. The van der Waals surface area contributed by atoms with Crippen molar-refractivity contribution in [3.8, 4) is 0 Å². The largest absolute Gasteiger partial charge is 0.441 e. The number of thioether (sulfide) groups is 1. The Bertz CT molecular complexity index is 689. The SMILES string of the molecule is CC(C)c1ccc(NC(=O)CCSc2c(=O)o[nH][n+]2C)cc1. The number of carbonyl (C=O) groups is 1. The van der Waals surface area contributed by atoms with Gasteiger partial charge >= 0.3 is 10.7 Å². The number of aromatic amines is 1. The Morgan fingerprint density at radius 2 is 2.05 bits per heavy atom. The fraction of sp³-hybridized carbons (Fsp3) is 0.400. The van der Waals surface area contributed by atoms with Crippen molar-refractivity contribution in [2.24, 2.45) is 7.05 Å². The minimum atomic E-state index is -0.419. The average molecular weight is 322 g/mol. The number of anilines is 1. The van der Waals surface area contributed by atoms with Gasteiger partial charge in [-0.2, -0.15) is 0 Å². The van der Waals surface area contributed by atoms with Crippen molar-refractivity contribution in [3.05, 3.63) is 40.2 Å². The van der Waals surface area contributed by atoms with E-state index >= 15 is 0 Å². The van der Waals surface area contributed by atoms with Crippen LogP contribution in [0.3, 0.4) is 0 Å². The standard InChI is InChI=1S/C15H19N3O3S/c1-10(2)11-4-6-12(7-5-11)16-13(19)8-9-22-14-15(20)21-17-18(14)3/h4-7,10H,8-9H2,1-3H3,(H-,16,17,19,20)/p+1. The quantitative estimate of drug-likeness (QED) is 0.630. The molecular formula is C15H20N3O3S+. The lowest BCUT2D eigenvalue weighted by molar-refractivity contribution is -0.772. The van der Waals surface area contributed by atoms with E-state index in [0.29, 0.717) is 23.1 Å². The van der Waals surface area contributed by atoms with Crippen LogP contribution >= 0.6 is 11.8 Å². The lowest BCUT2D eigenvalue weighted by Gasteiger charge is -2.08. The van der Waals surface area contributed by atoms with Gasteiger partial charge in [0.15, 0.2) is 7.05 Å². The van der Waals surface area contributed by atoms with Gasteiger partial charge in [-0.3, -0.25) is 9.32 Å². The Morgan fingerprint density at radius 1 is 1.36 bits per heavy atom. The van der Waals surface area contributed by atoms with Crippen molar-refractivity contribution in [3.63, 3.8) is 0 Å². The molecule has 0 bridgehead atoms. The van der Waals surface area contributed by atoms with E-state index in [4.69, 9.17) is 0 Å². The highest BCUT2D eigenvalue weighted by Crippen LogP contribution is 2.17. The number of nitrogens with zero attached hydrogens (tertiary/aromatic N) is 1. The van der Waals surface area contributed by atoms with Crippen molar-refractivity contribution in [2.45, 2.75) is 31.2 Å². The number of benzene rings is 1. The second kappa shape index (κ2) is 7.31. The molecular weight excluding hydrogens is 302 g/mol. The van der Waals surface area contributed by atoms with Crippen molar-refractivity contribution >= 4 is 23.4 Å². The number of carbonyl (C=O) groups excluding carboxylic acids is 1. The molecule has 7 heteroatoms. The molecule has 1 aromatic heterocycles. The zero-order valence-electron chi connectivity index (χ0n) is 12.9. The number of rotatable bonds is 6. The summed E-state index contributed by atoms with van der Waals surface area (Å²) in [5.41, 5.74) is 1.60. The molecule has 1 heterocycles. The van der Waals surface area contributed by atoms with E-state index < -0.39 is 5.63 Å². The van der Waals surface area contributed by atoms with Crippen LogP contribution in [0.2, 0.25) is 0 Å². The number of hydrogen-bond donors (Lipinski definition) is 2. The number of aromatic nitrogens is 2. The molecule has 0 aliphatic carbocycles. The maximum atomic E-state index is 11.9. The summed E-state index contributed by atoms with van der Waals surface area (Å²) in [6.07, 6.45) is 0.321. The van der Waals surface area contributed by atoms with Crippen molar-refractivity contribution in [1.82, 2.24) is 5.27 Å². The van der Waals surface area contributed by atoms with E-state index in [1.165, 1.54) is 22.0 Å². The maximum Gasteiger partial charge on any atom is 0.441 e. The fourth-order valence-corrected chi connectivity index (χ4v) is 2.77. The first-order valence-corrected chi connectivity index (χ1v) is 8.06. The second-order valence-electron chi connectivity index (χ2n) is 5.27. The highest BCUT2D eigenvalue weighted by molar-refractivity contribution is 7.99. The normalized spacial score (nSPS) is 10.9. The molecule has 0 aliphatic heterocycles. The van der Waals surface area contributed by atoms with Crippen molar-refractivity contribution < 1.29 is 14.0 Å². The van der Waals surface area contributed by atoms with Gasteiger partial charge in [-0.05, 0) is 40.6 Å². The second-order valence-corrected chi connectivity index (χ2v) is 6.35. The van der Waals surface area contributed by atoms with Gasteiger partial charge in [-0.15, -0.1) is 0 Å². The summed E-state index contributed by atoms with van der Waals surface area (Å²) in [6.45, 7) is 4.25. The Labute approximate surface area is 132 Å². The zero-order valence-corrected chi connectivity index (χ0v) is 13.7. The minimum absolute atomic E-state index is 0.0765. The molecule has 0 spiro atoms. The van der Waals surface area contributed by atoms with E-state index in [9.17, 15) is 9.59 Å². The van der Waals surface area contributed by atoms with Gasteiger partial charge in [0.1, 0.15) is 0 Å². The first-order valence-electron chi connectivity index (χ1n) is 7.07. The molecule has 1 amide bonds. The van der Waals surface area contributed by atoms with Gasteiger partial charge in [0.25, 0.3) is 0 Å². The first-order chi connectivity index (χ1) is 10.5. The van der Waals surface area contributed by atoms with Crippen molar-refractivity contribution in [1.29, 1.82) is 0 Å². The minimum Gasteiger partial charge on any atom is -0.326 e. The topological polar surface area (TPSA) is 79.0 Å². The van der Waals surface area contributed by atoms with E-state index in [2.05, 4.69) is 29.0 Å². The lowest BCUT2D eigenvalue weighted by Crippen LogP contribution is -2.33. The predicted molar refractivity (Wildman–Crippen MR) is 85.0 cm³/mol. The van der Waals surface area contributed by atoms with Crippen molar-refractivity contribution in [2.75, 3.05) is 11.1 Å². The van der Waals surface area contributed by atoms with Crippen LogP contribution in [0.4, 0.5) is 5.69 Å². The van der Waals surface area contributed by atoms with Crippen LogP contribution in [0.15, 0.2) is 38.6 Å². The van der Waals surface area contributed by atoms with Gasteiger partial charge in [-0.1, -0.05) is 30.7 Å². The summed E-state index contributed by atoms with van der Waals surface area (Å²) < 4.78 is 6.14. The van der Waals surface area contributed by atoms with E-state index in [0.717, 1.165) is 5.69 Å². The molecule has 1 aromatic carbocycles. The van der Waals surface area contributed by atoms with Crippen LogP contribution < -0.4 is 15.6 Å². The summed E-state index contributed by atoms with van der Waals surface area (Å²) in [5, 5.41) is 5.74. The van der Waals surface area contributed by atoms with Gasteiger partial charge in [0.2, 0.25) is 5.91 Å². The van der Waals surface area contributed by atoms with Gasteiger partial charge in [-0.25, -0.2) is 4.79 Å². The molecule has 118 valence electrons. The molecule has 0 unspecified atom stereocenters. The average Bonchev–Trinajstić information content (AvgIpc) is 2.79. The van der Waals surface area contributed by atoms with Gasteiger partial charge in [0, 0.05) is 17.9 Å². The molecule has 0 atom stereocenters. The fourth-order valence-electron chi connectivity index (χ4n) is 1.90. The molecule has 2 rings (SSSR count). The first kappa shape index (κ1) is 16.4. The Balaban J connectivity index is 1.82. The van der Waals surface area contributed by atoms with E-state index in [1.807, 2.05) is 24.3 Å². The van der Waals surface area contributed by atoms with E-state index in [-0.39, 0.29) is 5.91 Å². The molecule has 0 radical (unpaired) electrons. The van der Waals surface area contributed by atoms with Crippen LogP contribution in [0.5, 0.6) is 0 Å². The highest BCUT2D eigenvalue weighted by Gasteiger charge is 2.17. The molecule has 0 fully saturated rings. The zero-order chi connectivity index (χ0) is 16.1. The maximum absolute atomic E-state index is 11.9. The third-order valence-electron chi connectivity index (χ3n) is 3.18. The Hall–Kier alpha value is -2.02. The summed E-state index contributed by atoms with van der Waals surface area (Å²) in [5.74, 6) is 0.897. The molecule has 0 saturated heterocycles. The lowest BCUT2D eigenvalue weighted by atomic mass is 10.0. The molecule has 2 aromatic rings.